The number of pyridine rings is 1. The molecular formula is C14H14N4O. The van der Waals surface area contributed by atoms with Gasteiger partial charge in [-0.15, -0.1) is 0 Å². The first-order valence-corrected chi connectivity index (χ1v) is 6.44. The highest BCUT2D eigenvalue weighted by molar-refractivity contribution is 5.57. The standard InChI is InChI=1S/C14H14N4O/c15-8-12-14(17-11-5-1-2-6-11)19-13(18-12)10-4-3-7-16-9-10/h3-4,7,9,11,17H,1-2,5-6H2. The zero-order chi connectivity index (χ0) is 13.1. The lowest BCUT2D eigenvalue weighted by Crippen LogP contribution is -2.14. The molecule has 0 bridgehead atoms. The number of anilines is 1. The number of nitrogens with one attached hydrogen (secondary N) is 1. The van der Waals surface area contributed by atoms with Crippen LogP contribution in [0.15, 0.2) is 28.9 Å². The third kappa shape index (κ3) is 2.43. The van der Waals surface area contributed by atoms with E-state index in [4.69, 9.17) is 9.68 Å². The van der Waals surface area contributed by atoms with Crippen LogP contribution in [-0.4, -0.2) is 16.0 Å². The van der Waals surface area contributed by atoms with Gasteiger partial charge in [-0.1, -0.05) is 12.8 Å². The minimum atomic E-state index is 0.311. The van der Waals surface area contributed by atoms with Gasteiger partial charge in [0.25, 0.3) is 0 Å². The number of rotatable bonds is 3. The van der Waals surface area contributed by atoms with Crippen molar-refractivity contribution in [1.82, 2.24) is 9.97 Å². The summed E-state index contributed by atoms with van der Waals surface area (Å²) in [6.45, 7) is 0. The smallest absolute Gasteiger partial charge is 0.232 e. The molecule has 0 spiro atoms. The highest BCUT2D eigenvalue weighted by Gasteiger charge is 2.20. The van der Waals surface area contributed by atoms with Crippen molar-refractivity contribution in [3.63, 3.8) is 0 Å². The van der Waals surface area contributed by atoms with E-state index in [2.05, 4.69) is 21.4 Å². The fourth-order valence-electron chi connectivity index (χ4n) is 2.36. The molecule has 1 aliphatic carbocycles. The Kier molecular flexibility index (Phi) is 3.15. The van der Waals surface area contributed by atoms with E-state index in [-0.39, 0.29) is 0 Å². The van der Waals surface area contributed by atoms with E-state index in [1.54, 1.807) is 12.4 Å². The van der Waals surface area contributed by atoms with Gasteiger partial charge < -0.3 is 9.73 Å². The molecule has 0 atom stereocenters. The lowest BCUT2D eigenvalue weighted by molar-refractivity contribution is 0.571. The van der Waals surface area contributed by atoms with Crippen molar-refractivity contribution in [2.75, 3.05) is 5.32 Å². The molecule has 96 valence electrons. The molecule has 0 saturated heterocycles. The first kappa shape index (κ1) is 11.7. The third-order valence-corrected chi connectivity index (χ3v) is 3.33. The molecule has 0 unspecified atom stereocenters. The first-order chi connectivity index (χ1) is 9.36. The number of nitriles is 1. The Morgan fingerprint density at radius 3 is 2.89 bits per heavy atom. The van der Waals surface area contributed by atoms with Crippen molar-refractivity contribution >= 4 is 5.88 Å². The average molecular weight is 254 g/mol. The van der Waals surface area contributed by atoms with E-state index in [0.29, 0.717) is 23.5 Å². The Balaban J connectivity index is 1.88. The fraction of sp³-hybridized carbons (Fsp3) is 0.357. The molecule has 1 fully saturated rings. The minimum absolute atomic E-state index is 0.311. The normalized spacial score (nSPS) is 15.3. The van der Waals surface area contributed by atoms with Gasteiger partial charge in [0.1, 0.15) is 6.07 Å². The molecule has 0 aromatic carbocycles. The minimum Gasteiger partial charge on any atom is -0.419 e. The van der Waals surface area contributed by atoms with Crippen molar-refractivity contribution in [1.29, 1.82) is 5.26 Å². The van der Waals surface area contributed by atoms with Crippen LogP contribution >= 0.6 is 0 Å². The van der Waals surface area contributed by atoms with Crippen molar-refractivity contribution in [3.05, 3.63) is 30.2 Å². The highest BCUT2D eigenvalue weighted by atomic mass is 16.4. The molecule has 1 saturated carbocycles. The lowest BCUT2D eigenvalue weighted by Gasteiger charge is -2.09. The van der Waals surface area contributed by atoms with Crippen LogP contribution in [-0.2, 0) is 0 Å². The molecule has 2 aromatic rings. The van der Waals surface area contributed by atoms with Gasteiger partial charge in [-0.05, 0) is 25.0 Å². The Labute approximate surface area is 111 Å². The van der Waals surface area contributed by atoms with Gasteiger partial charge in [-0.25, -0.2) is 0 Å². The predicted octanol–water partition coefficient (Wildman–Crippen LogP) is 2.96. The molecule has 0 aliphatic heterocycles. The maximum Gasteiger partial charge on any atom is 0.232 e. The molecular weight excluding hydrogens is 240 g/mol. The van der Waals surface area contributed by atoms with Crippen LogP contribution in [0.25, 0.3) is 11.5 Å². The van der Waals surface area contributed by atoms with E-state index in [9.17, 15) is 0 Å². The van der Waals surface area contributed by atoms with Crippen LogP contribution in [0.1, 0.15) is 31.4 Å². The number of hydrogen-bond donors (Lipinski definition) is 1. The lowest BCUT2D eigenvalue weighted by atomic mass is 10.2. The molecule has 5 heteroatoms. The van der Waals surface area contributed by atoms with E-state index >= 15 is 0 Å². The fourth-order valence-corrected chi connectivity index (χ4v) is 2.36. The molecule has 2 aromatic heterocycles. The Morgan fingerprint density at radius 1 is 1.37 bits per heavy atom. The van der Waals surface area contributed by atoms with E-state index in [1.165, 1.54) is 12.8 Å². The van der Waals surface area contributed by atoms with Crippen molar-refractivity contribution in [2.45, 2.75) is 31.7 Å². The van der Waals surface area contributed by atoms with Crippen LogP contribution in [0.2, 0.25) is 0 Å². The number of nitrogens with zero attached hydrogens (tertiary/aromatic N) is 3. The summed E-state index contributed by atoms with van der Waals surface area (Å²) in [4.78, 5) is 8.24. The summed E-state index contributed by atoms with van der Waals surface area (Å²) >= 11 is 0. The van der Waals surface area contributed by atoms with Crippen LogP contribution in [0.4, 0.5) is 5.88 Å². The average Bonchev–Trinajstić information content (AvgIpc) is 3.10. The summed E-state index contributed by atoms with van der Waals surface area (Å²) in [5.74, 6) is 0.915. The van der Waals surface area contributed by atoms with E-state index in [0.717, 1.165) is 18.4 Å². The predicted molar refractivity (Wildman–Crippen MR) is 70.3 cm³/mol. The van der Waals surface area contributed by atoms with Gasteiger partial charge in [0.15, 0.2) is 0 Å². The maximum atomic E-state index is 9.12. The summed E-state index contributed by atoms with van der Waals surface area (Å²) < 4.78 is 5.67. The number of hydrogen-bond acceptors (Lipinski definition) is 5. The maximum absolute atomic E-state index is 9.12. The molecule has 2 heterocycles. The molecule has 1 aliphatic rings. The molecule has 5 nitrogen and oxygen atoms in total. The van der Waals surface area contributed by atoms with Gasteiger partial charge in [-0.2, -0.15) is 10.2 Å². The van der Waals surface area contributed by atoms with Gasteiger partial charge in [0.05, 0.1) is 5.56 Å². The monoisotopic (exact) mass is 254 g/mol. The quantitative estimate of drug-likeness (QED) is 0.911. The van der Waals surface area contributed by atoms with Gasteiger partial charge in [0, 0.05) is 18.4 Å². The van der Waals surface area contributed by atoms with Crippen molar-refractivity contribution in [3.8, 4) is 17.5 Å². The second-order valence-electron chi connectivity index (χ2n) is 4.68. The zero-order valence-electron chi connectivity index (χ0n) is 10.5. The molecule has 0 amide bonds. The molecule has 0 radical (unpaired) electrons. The van der Waals surface area contributed by atoms with Crippen LogP contribution < -0.4 is 5.32 Å². The van der Waals surface area contributed by atoms with Gasteiger partial charge in [-0.3, -0.25) is 4.98 Å². The summed E-state index contributed by atoms with van der Waals surface area (Å²) in [7, 11) is 0. The molecule has 1 N–H and O–H groups in total. The van der Waals surface area contributed by atoms with Gasteiger partial charge >= 0.3 is 0 Å². The van der Waals surface area contributed by atoms with Crippen molar-refractivity contribution in [2.24, 2.45) is 0 Å². The van der Waals surface area contributed by atoms with Crippen LogP contribution in [0.5, 0.6) is 0 Å². The Bertz CT molecular complexity index is 594. The van der Waals surface area contributed by atoms with E-state index in [1.807, 2.05) is 12.1 Å². The molecule has 19 heavy (non-hydrogen) atoms. The second-order valence-corrected chi connectivity index (χ2v) is 4.68. The number of aromatic nitrogens is 2. The zero-order valence-corrected chi connectivity index (χ0v) is 10.5. The number of oxazole rings is 1. The highest BCUT2D eigenvalue weighted by Crippen LogP contribution is 2.28. The summed E-state index contributed by atoms with van der Waals surface area (Å²) in [6.07, 6.45) is 8.05. The SMILES string of the molecule is N#Cc1nc(-c2cccnc2)oc1NC1CCCC1. The van der Waals surface area contributed by atoms with Gasteiger partial charge in [0.2, 0.25) is 17.5 Å². The molecule has 3 rings (SSSR count). The Hall–Kier alpha value is -2.35. The Morgan fingerprint density at radius 2 is 2.21 bits per heavy atom. The summed E-state index contributed by atoms with van der Waals surface area (Å²) in [5, 5.41) is 12.4. The van der Waals surface area contributed by atoms with E-state index < -0.39 is 0 Å². The second kappa shape index (κ2) is 5.11. The van der Waals surface area contributed by atoms with Crippen LogP contribution in [0.3, 0.4) is 0 Å². The topological polar surface area (TPSA) is 74.7 Å². The van der Waals surface area contributed by atoms with Crippen LogP contribution in [0, 0.1) is 11.3 Å². The first-order valence-electron chi connectivity index (χ1n) is 6.44. The largest absolute Gasteiger partial charge is 0.419 e. The summed E-state index contributed by atoms with van der Waals surface area (Å²) in [6, 6.07) is 6.14. The summed E-state index contributed by atoms with van der Waals surface area (Å²) in [5.41, 5.74) is 1.09. The third-order valence-electron chi connectivity index (χ3n) is 3.33. The van der Waals surface area contributed by atoms with Crippen molar-refractivity contribution < 1.29 is 4.42 Å².